The lowest BCUT2D eigenvalue weighted by molar-refractivity contribution is 0.0164. The van der Waals surface area contributed by atoms with E-state index in [1.165, 1.54) is 0 Å². The van der Waals surface area contributed by atoms with Crippen molar-refractivity contribution in [3.63, 3.8) is 0 Å². The molecule has 2 heterocycles. The fraction of sp³-hybridized carbons (Fsp3) is 0.444. The first kappa shape index (κ1) is 16.5. The highest BCUT2D eigenvalue weighted by Gasteiger charge is 2.23. The van der Waals surface area contributed by atoms with E-state index in [1.54, 1.807) is 11.1 Å². The Kier molecular flexibility index (Phi) is 5.48. The van der Waals surface area contributed by atoms with Gasteiger partial charge in [-0.25, -0.2) is 9.78 Å². The van der Waals surface area contributed by atoms with Gasteiger partial charge >= 0.3 is 6.03 Å². The van der Waals surface area contributed by atoms with E-state index in [4.69, 9.17) is 9.15 Å². The van der Waals surface area contributed by atoms with E-state index in [-0.39, 0.29) is 18.7 Å². The number of benzene rings is 1. The van der Waals surface area contributed by atoms with E-state index >= 15 is 0 Å². The third-order valence-electron chi connectivity index (χ3n) is 4.07. The first-order valence-electron chi connectivity index (χ1n) is 8.40. The number of nitrogens with one attached hydrogen (secondary N) is 1. The average molecular weight is 329 g/mol. The Morgan fingerprint density at radius 2 is 2.25 bits per heavy atom. The van der Waals surface area contributed by atoms with Crippen LogP contribution >= 0.6 is 0 Å². The molecule has 0 unspecified atom stereocenters. The fourth-order valence-corrected chi connectivity index (χ4v) is 2.89. The maximum absolute atomic E-state index is 12.3. The normalized spacial score (nSPS) is 17.7. The van der Waals surface area contributed by atoms with Crippen molar-refractivity contribution in [1.29, 1.82) is 0 Å². The van der Waals surface area contributed by atoms with Gasteiger partial charge in [0.05, 0.1) is 18.8 Å². The number of likely N-dealkylation sites (tertiary alicyclic amines) is 1. The number of oxazole rings is 1. The van der Waals surface area contributed by atoms with Gasteiger partial charge in [0, 0.05) is 25.3 Å². The lowest BCUT2D eigenvalue weighted by Crippen LogP contribution is -2.47. The summed E-state index contributed by atoms with van der Waals surface area (Å²) in [5.74, 6) is 1.20. The van der Waals surface area contributed by atoms with Crippen LogP contribution in [0.2, 0.25) is 0 Å². The summed E-state index contributed by atoms with van der Waals surface area (Å²) in [5, 5.41) is 2.87. The zero-order valence-corrected chi connectivity index (χ0v) is 13.9. The Morgan fingerprint density at radius 3 is 3.04 bits per heavy atom. The molecule has 128 valence electrons. The van der Waals surface area contributed by atoms with Gasteiger partial charge in [-0.05, 0) is 19.8 Å². The molecule has 2 aromatic rings. The van der Waals surface area contributed by atoms with Gasteiger partial charge in [-0.3, -0.25) is 0 Å². The van der Waals surface area contributed by atoms with Gasteiger partial charge in [0.25, 0.3) is 0 Å². The van der Waals surface area contributed by atoms with Crippen LogP contribution in [0, 0.1) is 0 Å². The maximum atomic E-state index is 12.3. The van der Waals surface area contributed by atoms with Crippen LogP contribution in [0.4, 0.5) is 4.79 Å². The number of nitrogens with zero attached hydrogens (tertiary/aromatic N) is 2. The number of aromatic nitrogens is 1. The number of carbonyl (C=O) groups is 1. The van der Waals surface area contributed by atoms with Gasteiger partial charge in [-0.1, -0.05) is 30.3 Å². The molecule has 1 aromatic carbocycles. The summed E-state index contributed by atoms with van der Waals surface area (Å²) >= 11 is 0. The van der Waals surface area contributed by atoms with E-state index in [2.05, 4.69) is 10.3 Å². The highest BCUT2D eigenvalue weighted by atomic mass is 16.5. The highest BCUT2D eigenvalue weighted by Crippen LogP contribution is 2.19. The summed E-state index contributed by atoms with van der Waals surface area (Å²) in [6.07, 6.45) is 3.80. The molecule has 1 saturated heterocycles. The molecule has 1 N–H and O–H groups in total. The Labute approximate surface area is 141 Å². The number of amides is 2. The van der Waals surface area contributed by atoms with Crippen molar-refractivity contribution in [1.82, 2.24) is 15.2 Å². The first-order chi connectivity index (χ1) is 11.8. The van der Waals surface area contributed by atoms with Crippen molar-refractivity contribution >= 4 is 6.03 Å². The molecule has 2 amide bonds. The van der Waals surface area contributed by atoms with Crippen LogP contribution in [0.15, 0.2) is 40.9 Å². The molecule has 0 saturated carbocycles. The molecule has 24 heavy (non-hydrogen) atoms. The van der Waals surface area contributed by atoms with Crippen LogP contribution in [-0.2, 0) is 11.3 Å². The Bertz CT molecular complexity index is 655. The molecular weight excluding hydrogens is 306 g/mol. The Morgan fingerprint density at radius 1 is 1.42 bits per heavy atom. The molecule has 0 bridgehead atoms. The molecule has 0 spiro atoms. The smallest absolute Gasteiger partial charge is 0.317 e. The number of hydrogen-bond donors (Lipinski definition) is 1. The van der Waals surface area contributed by atoms with E-state index in [1.807, 2.05) is 37.3 Å². The van der Waals surface area contributed by atoms with Crippen LogP contribution < -0.4 is 5.32 Å². The molecule has 0 radical (unpaired) electrons. The molecule has 1 aromatic heterocycles. The van der Waals surface area contributed by atoms with Crippen molar-refractivity contribution in [3.8, 4) is 11.3 Å². The molecule has 1 fully saturated rings. The summed E-state index contributed by atoms with van der Waals surface area (Å²) in [6, 6.07) is 9.68. The minimum atomic E-state index is -0.0983. The van der Waals surface area contributed by atoms with Gasteiger partial charge in [-0.15, -0.1) is 0 Å². The van der Waals surface area contributed by atoms with Gasteiger partial charge in [-0.2, -0.15) is 0 Å². The van der Waals surface area contributed by atoms with Crippen molar-refractivity contribution < 1.29 is 13.9 Å². The van der Waals surface area contributed by atoms with E-state index in [0.29, 0.717) is 24.8 Å². The van der Waals surface area contributed by atoms with Crippen molar-refractivity contribution in [2.24, 2.45) is 0 Å². The average Bonchev–Trinajstić information content (AvgIpc) is 3.10. The molecule has 1 atom stereocenters. The van der Waals surface area contributed by atoms with Gasteiger partial charge in [0.1, 0.15) is 0 Å². The minimum Gasteiger partial charge on any atom is -0.439 e. The van der Waals surface area contributed by atoms with E-state index < -0.39 is 0 Å². The summed E-state index contributed by atoms with van der Waals surface area (Å²) in [6.45, 7) is 4.34. The predicted octanol–water partition coefficient (Wildman–Crippen LogP) is 3.05. The van der Waals surface area contributed by atoms with Crippen molar-refractivity contribution in [2.75, 3.05) is 19.7 Å². The molecule has 6 heteroatoms. The van der Waals surface area contributed by atoms with Crippen LogP contribution in [0.25, 0.3) is 11.3 Å². The number of piperidine rings is 1. The lowest BCUT2D eigenvalue weighted by atomic mass is 10.1. The predicted molar refractivity (Wildman–Crippen MR) is 90.4 cm³/mol. The zero-order chi connectivity index (χ0) is 16.8. The second kappa shape index (κ2) is 7.97. The maximum Gasteiger partial charge on any atom is 0.317 e. The van der Waals surface area contributed by atoms with Gasteiger partial charge in [0.15, 0.2) is 5.76 Å². The monoisotopic (exact) mass is 329 g/mol. The van der Waals surface area contributed by atoms with Gasteiger partial charge in [0.2, 0.25) is 5.89 Å². The second-order valence-electron chi connectivity index (χ2n) is 5.81. The molecule has 1 aliphatic rings. The minimum absolute atomic E-state index is 0.0983. The lowest BCUT2D eigenvalue weighted by Gasteiger charge is -2.32. The van der Waals surface area contributed by atoms with E-state index in [0.717, 1.165) is 24.9 Å². The Balaban J connectivity index is 1.52. The number of rotatable bonds is 5. The van der Waals surface area contributed by atoms with Crippen molar-refractivity contribution in [3.05, 3.63) is 42.4 Å². The number of ether oxygens (including phenoxy) is 1. The fourth-order valence-electron chi connectivity index (χ4n) is 2.89. The van der Waals surface area contributed by atoms with Crippen LogP contribution in [0.1, 0.15) is 25.7 Å². The second-order valence-corrected chi connectivity index (χ2v) is 5.81. The number of hydrogen-bond acceptors (Lipinski definition) is 4. The quantitative estimate of drug-likeness (QED) is 0.915. The van der Waals surface area contributed by atoms with Gasteiger partial charge < -0.3 is 19.4 Å². The van der Waals surface area contributed by atoms with Crippen molar-refractivity contribution in [2.45, 2.75) is 32.4 Å². The summed E-state index contributed by atoms with van der Waals surface area (Å²) in [4.78, 5) is 18.3. The standard InChI is InChI=1S/C18H23N3O3/c1-2-23-15-9-6-10-21(13-15)18(22)20-12-17-19-11-16(24-17)14-7-4-3-5-8-14/h3-5,7-8,11,15H,2,6,9-10,12-13H2,1H3,(H,20,22)/t15-/m1/s1. The van der Waals surface area contributed by atoms with Crippen LogP contribution in [0.5, 0.6) is 0 Å². The molecule has 3 rings (SSSR count). The summed E-state index contributed by atoms with van der Waals surface area (Å²) < 4.78 is 11.3. The first-order valence-corrected chi connectivity index (χ1v) is 8.40. The number of urea groups is 1. The SMILES string of the molecule is CCO[C@@H]1CCCN(C(=O)NCc2ncc(-c3ccccc3)o2)C1. The third-order valence-corrected chi connectivity index (χ3v) is 4.07. The largest absolute Gasteiger partial charge is 0.439 e. The topological polar surface area (TPSA) is 67.6 Å². The van der Waals surface area contributed by atoms with E-state index in [9.17, 15) is 4.79 Å². The number of carbonyl (C=O) groups excluding carboxylic acids is 1. The molecular formula is C18H23N3O3. The third kappa shape index (κ3) is 4.14. The van der Waals surface area contributed by atoms with Crippen LogP contribution in [0.3, 0.4) is 0 Å². The molecule has 1 aliphatic heterocycles. The zero-order valence-electron chi connectivity index (χ0n) is 13.9. The molecule has 0 aliphatic carbocycles. The highest BCUT2D eigenvalue weighted by molar-refractivity contribution is 5.74. The Hall–Kier alpha value is -2.34. The summed E-state index contributed by atoms with van der Waals surface area (Å²) in [5.41, 5.74) is 0.971. The van der Waals surface area contributed by atoms with Crippen LogP contribution in [-0.4, -0.2) is 41.7 Å². The summed E-state index contributed by atoms with van der Waals surface area (Å²) in [7, 11) is 0. The molecule has 6 nitrogen and oxygen atoms in total.